The Balaban J connectivity index is 1.76. The van der Waals surface area contributed by atoms with Crippen LogP contribution in [0.4, 0.5) is 11.5 Å². The molecule has 3 rings (SSSR count). The van der Waals surface area contributed by atoms with Crippen LogP contribution in [0.25, 0.3) is 0 Å². The van der Waals surface area contributed by atoms with Crippen molar-refractivity contribution in [2.24, 2.45) is 0 Å². The van der Waals surface area contributed by atoms with Gasteiger partial charge in [-0.25, -0.2) is 4.98 Å². The molecule has 7 heteroatoms. The van der Waals surface area contributed by atoms with Gasteiger partial charge in [0.2, 0.25) is 0 Å². The van der Waals surface area contributed by atoms with Gasteiger partial charge in [0, 0.05) is 32.5 Å². The van der Waals surface area contributed by atoms with E-state index in [1.54, 1.807) is 25.5 Å². The first kappa shape index (κ1) is 15.7. The van der Waals surface area contributed by atoms with E-state index < -0.39 is 0 Å². The number of carbonyl (C=O) groups excluding carboxylic acids is 1. The van der Waals surface area contributed by atoms with Crippen molar-refractivity contribution in [3.05, 3.63) is 47.4 Å². The Morgan fingerprint density at radius 1 is 1.26 bits per heavy atom. The van der Waals surface area contributed by atoms with Crippen molar-refractivity contribution in [2.45, 2.75) is 0 Å². The third-order valence-electron chi connectivity index (χ3n) is 3.76. The standard InChI is InChI=1S/C16H17ClN4O2/c1-20(16(22)13-4-5-18-11-14(13)17)12-2-3-15(19-10-12)21-6-8-23-9-7-21/h2-5,10-11H,6-9H2,1H3. The molecule has 1 fully saturated rings. The molecule has 23 heavy (non-hydrogen) atoms. The van der Waals surface area contributed by atoms with Crippen LogP contribution in [-0.2, 0) is 4.74 Å². The monoisotopic (exact) mass is 332 g/mol. The van der Waals surface area contributed by atoms with Crippen LogP contribution in [-0.4, -0.2) is 49.2 Å². The van der Waals surface area contributed by atoms with Crippen molar-refractivity contribution in [1.29, 1.82) is 0 Å². The second-order valence-electron chi connectivity index (χ2n) is 5.19. The van der Waals surface area contributed by atoms with Gasteiger partial charge in [-0.15, -0.1) is 0 Å². The van der Waals surface area contributed by atoms with Gasteiger partial charge in [0.05, 0.1) is 35.7 Å². The summed E-state index contributed by atoms with van der Waals surface area (Å²) in [6.07, 6.45) is 4.70. The molecule has 1 aliphatic heterocycles. The van der Waals surface area contributed by atoms with E-state index in [-0.39, 0.29) is 5.91 Å². The zero-order chi connectivity index (χ0) is 16.2. The molecule has 0 radical (unpaired) electrons. The lowest BCUT2D eigenvalue weighted by molar-refractivity contribution is 0.0993. The molecule has 0 atom stereocenters. The number of pyridine rings is 2. The van der Waals surface area contributed by atoms with E-state index in [1.807, 2.05) is 12.1 Å². The fourth-order valence-corrected chi connectivity index (χ4v) is 2.60. The number of rotatable bonds is 3. The van der Waals surface area contributed by atoms with Gasteiger partial charge < -0.3 is 14.5 Å². The number of carbonyl (C=O) groups is 1. The van der Waals surface area contributed by atoms with Gasteiger partial charge in [0.15, 0.2) is 0 Å². The van der Waals surface area contributed by atoms with Crippen LogP contribution in [0.3, 0.4) is 0 Å². The second-order valence-corrected chi connectivity index (χ2v) is 5.60. The van der Waals surface area contributed by atoms with Crippen molar-refractivity contribution in [3.63, 3.8) is 0 Å². The first-order valence-electron chi connectivity index (χ1n) is 7.33. The van der Waals surface area contributed by atoms with E-state index in [0.29, 0.717) is 29.5 Å². The summed E-state index contributed by atoms with van der Waals surface area (Å²) in [5, 5.41) is 0.335. The van der Waals surface area contributed by atoms with Crippen LogP contribution in [0.1, 0.15) is 10.4 Å². The number of ether oxygens (including phenoxy) is 1. The molecule has 1 aliphatic rings. The molecule has 0 saturated carbocycles. The smallest absolute Gasteiger partial charge is 0.259 e. The average molecular weight is 333 g/mol. The van der Waals surface area contributed by atoms with Crippen molar-refractivity contribution in [1.82, 2.24) is 9.97 Å². The second kappa shape index (κ2) is 6.93. The van der Waals surface area contributed by atoms with Gasteiger partial charge in [-0.2, -0.15) is 0 Å². The first-order chi connectivity index (χ1) is 11.2. The number of anilines is 2. The minimum atomic E-state index is -0.196. The summed E-state index contributed by atoms with van der Waals surface area (Å²) in [5.74, 6) is 0.693. The third kappa shape index (κ3) is 3.43. The summed E-state index contributed by atoms with van der Waals surface area (Å²) in [6, 6.07) is 5.40. The maximum Gasteiger partial charge on any atom is 0.259 e. The fourth-order valence-electron chi connectivity index (χ4n) is 2.40. The summed E-state index contributed by atoms with van der Waals surface area (Å²) < 4.78 is 5.33. The predicted molar refractivity (Wildman–Crippen MR) is 89.2 cm³/mol. The number of halogens is 1. The molecule has 6 nitrogen and oxygen atoms in total. The molecule has 1 amide bonds. The Hall–Kier alpha value is -2.18. The lowest BCUT2D eigenvalue weighted by atomic mass is 10.2. The fraction of sp³-hybridized carbons (Fsp3) is 0.312. The lowest BCUT2D eigenvalue weighted by Gasteiger charge is -2.28. The minimum Gasteiger partial charge on any atom is -0.378 e. The number of aromatic nitrogens is 2. The zero-order valence-corrected chi connectivity index (χ0v) is 13.5. The van der Waals surface area contributed by atoms with Gasteiger partial charge in [-0.3, -0.25) is 9.78 Å². The van der Waals surface area contributed by atoms with Crippen molar-refractivity contribution in [2.75, 3.05) is 43.2 Å². The van der Waals surface area contributed by atoms with Crippen molar-refractivity contribution in [3.8, 4) is 0 Å². The normalized spacial score (nSPS) is 14.6. The van der Waals surface area contributed by atoms with Crippen LogP contribution in [0.15, 0.2) is 36.8 Å². The van der Waals surface area contributed by atoms with Gasteiger partial charge in [0.1, 0.15) is 5.82 Å². The van der Waals surface area contributed by atoms with E-state index in [0.717, 1.165) is 18.9 Å². The summed E-state index contributed by atoms with van der Waals surface area (Å²) in [7, 11) is 1.70. The highest BCUT2D eigenvalue weighted by atomic mass is 35.5. The Morgan fingerprint density at radius 2 is 2.04 bits per heavy atom. The Labute approximate surface area is 139 Å². The number of nitrogens with zero attached hydrogens (tertiary/aromatic N) is 4. The lowest BCUT2D eigenvalue weighted by Crippen LogP contribution is -2.36. The molecule has 0 aromatic carbocycles. The van der Waals surface area contributed by atoms with Gasteiger partial charge in [-0.05, 0) is 18.2 Å². The van der Waals surface area contributed by atoms with Crippen LogP contribution < -0.4 is 9.80 Å². The molecule has 0 N–H and O–H groups in total. The Kier molecular flexibility index (Phi) is 4.73. The summed E-state index contributed by atoms with van der Waals surface area (Å²) in [6.45, 7) is 3.08. The first-order valence-corrected chi connectivity index (χ1v) is 7.71. The van der Waals surface area contributed by atoms with E-state index in [9.17, 15) is 4.79 Å². The molecule has 1 saturated heterocycles. The quantitative estimate of drug-likeness (QED) is 0.862. The van der Waals surface area contributed by atoms with Gasteiger partial charge >= 0.3 is 0 Å². The van der Waals surface area contributed by atoms with E-state index in [1.165, 1.54) is 11.1 Å². The summed E-state index contributed by atoms with van der Waals surface area (Å²) in [4.78, 5) is 24.5. The molecule has 0 bridgehead atoms. The number of morpholine rings is 1. The van der Waals surface area contributed by atoms with Crippen LogP contribution in [0.5, 0.6) is 0 Å². The number of hydrogen-bond acceptors (Lipinski definition) is 5. The predicted octanol–water partition coefficient (Wildman–Crippen LogP) is 2.24. The summed E-state index contributed by atoms with van der Waals surface area (Å²) >= 11 is 6.03. The van der Waals surface area contributed by atoms with E-state index in [4.69, 9.17) is 16.3 Å². The SMILES string of the molecule is CN(C(=O)c1ccncc1Cl)c1ccc(N2CCOCC2)nc1. The minimum absolute atomic E-state index is 0.196. The zero-order valence-electron chi connectivity index (χ0n) is 12.8. The molecular weight excluding hydrogens is 316 g/mol. The van der Waals surface area contributed by atoms with Crippen LogP contribution in [0, 0.1) is 0 Å². The number of hydrogen-bond donors (Lipinski definition) is 0. The topological polar surface area (TPSA) is 58.6 Å². The molecule has 3 heterocycles. The van der Waals surface area contributed by atoms with Crippen LogP contribution >= 0.6 is 11.6 Å². The highest BCUT2D eigenvalue weighted by Crippen LogP contribution is 2.21. The highest BCUT2D eigenvalue weighted by molar-refractivity contribution is 6.34. The van der Waals surface area contributed by atoms with Crippen molar-refractivity contribution < 1.29 is 9.53 Å². The van der Waals surface area contributed by atoms with E-state index in [2.05, 4.69) is 14.9 Å². The van der Waals surface area contributed by atoms with E-state index >= 15 is 0 Å². The van der Waals surface area contributed by atoms with Crippen molar-refractivity contribution >= 4 is 29.0 Å². The Morgan fingerprint density at radius 3 is 2.70 bits per heavy atom. The molecule has 0 spiro atoms. The molecule has 0 aliphatic carbocycles. The largest absolute Gasteiger partial charge is 0.378 e. The molecule has 120 valence electrons. The van der Waals surface area contributed by atoms with Gasteiger partial charge in [-0.1, -0.05) is 11.6 Å². The summed E-state index contributed by atoms with van der Waals surface area (Å²) in [5.41, 5.74) is 1.13. The van der Waals surface area contributed by atoms with Crippen LogP contribution in [0.2, 0.25) is 5.02 Å². The molecule has 2 aromatic rings. The third-order valence-corrected chi connectivity index (χ3v) is 4.06. The average Bonchev–Trinajstić information content (AvgIpc) is 2.62. The molecule has 2 aromatic heterocycles. The highest BCUT2D eigenvalue weighted by Gasteiger charge is 2.18. The maximum absolute atomic E-state index is 12.5. The maximum atomic E-state index is 12.5. The Bertz CT molecular complexity index is 687. The molecule has 0 unspecified atom stereocenters. The molecular formula is C16H17ClN4O2. The number of amides is 1. The van der Waals surface area contributed by atoms with Gasteiger partial charge in [0.25, 0.3) is 5.91 Å².